The minimum absolute atomic E-state index is 0.0695. The number of aromatic nitrogens is 3. The number of carbonyl (C=O) groups is 1. The molecule has 8 heteroatoms. The lowest BCUT2D eigenvalue weighted by molar-refractivity contribution is -0.115. The summed E-state index contributed by atoms with van der Waals surface area (Å²) in [7, 11) is 1.65. The van der Waals surface area contributed by atoms with Gasteiger partial charge in [-0.1, -0.05) is 37.7 Å². The second kappa shape index (κ2) is 11.1. The largest absolute Gasteiger partial charge is 0.497 e. The minimum Gasteiger partial charge on any atom is -0.497 e. The van der Waals surface area contributed by atoms with Crippen LogP contribution in [-0.2, 0) is 16.1 Å². The number of ether oxygens (including phenoxy) is 2. The highest BCUT2D eigenvalue weighted by Gasteiger charge is 2.24. The molecule has 0 radical (unpaired) electrons. The molecule has 2 aromatic carbocycles. The summed E-state index contributed by atoms with van der Waals surface area (Å²) in [6.45, 7) is 7.63. The van der Waals surface area contributed by atoms with Crippen molar-refractivity contribution in [2.75, 3.05) is 19.0 Å². The van der Waals surface area contributed by atoms with Gasteiger partial charge in [0.2, 0.25) is 5.91 Å². The molecule has 1 saturated heterocycles. The summed E-state index contributed by atoms with van der Waals surface area (Å²) >= 11 is 1.41. The van der Waals surface area contributed by atoms with Crippen LogP contribution in [-0.4, -0.2) is 45.7 Å². The molecule has 7 nitrogen and oxygen atoms in total. The molecule has 0 saturated carbocycles. The van der Waals surface area contributed by atoms with E-state index in [0.29, 0.717) is 17.6 Å². The molecule has 3 aromatic rings. The van der Waals surface area contributed by atoms with Crippen LogP contribution in [0.25, 0.3) is 11.4 Å². The number of hydrogen-bond donors (Lipinski definition) is 1. The first kappa shape index (κ1) is 24.3. The van der Waals surface area contributed by atoms with Gasteiger partial charge in [-0.25, -0.2) is 0 Å². The van der Waals surface area contributed by atoms with E-state index < -0.39 is 0 Å². The average molecular weight is 481 g/mol. The molecule has 0 unspecified atom stereocenters. The van der Waals surface area contributed by atoms with Crippen LogP contribution in [0.3, 0.4) is 0 Å². The van der Waals surface area contributed by atoms with E-state index in [-0.39, 0.29) is 17.3 Å². The Labute approximate surface area is 205 Å². The highest BCUT2D eigenvalue weighted by Crippen LogP contribution is 2.30. The summed E-state index contributed by atoms with van der Waals surface area (Å²) in [4.78, 5) is 12.9. The van der Waals surface area contributed by atoms with E-state index in [9.17, 15) is 4.79 Å². The Hall–Kier alpha value is -2.84. The molecule has 180 valence electrons. The zero-order chi connectivity index (χ0) is 24.1. The molecule has 0 bridgehead atoms. The summed E-state index contributed by atoms with van der Waals surface area (Å²) < 4.78 is 13.2. The van der Waals surface area contributed by atoms with Gasteiger partial charge in [0.05, 0.1) is 25.0 Å². The van der Waals surface area contributed by atoms with Crippen LogP contribution in [0.5, 0.6) is 5.75 Å². The quantitative estimate of drug-likeness (QED) is 0.415. The molecule has 1 N–H and O–H groups in total. The van der Waals surface area contributed by atoms with Crippen molar-refractivity contribution in [3.8, 4) is 17.1 Å². The summed E-state index contributed by atoms with van der Waals surface area (Å²) in [5.74, 6) is 1.93. The molecule has 0 aliphatic carbocycles. The molecule has 1 aromatic heterocycles. The molecule has 1 aliphatic heterocycles. The van der Waals surface area contributed by atoms with Gasteiger partial charge in [0.25, 0.3) is 0 Å². The average Bonchev–Trinajstić information content (AvgIpc) is 3.50. The van der Waals surface area contributed by atoms with Gasteiger partial charge in [-0.05, 0) is 67.6 Å². The van der Waals surface area contributed by atoms with Gasteiger partial charge in [-0.2, -0.15) is 0 Å². The van der Waals surface area contributed by atoms with E-state index >= 15 is 0 Å². The highest BCUT2D eigenvalue weighted by molar-refractivity contribution is 8.00. The van der Waals surface area contributed by atoms with Gasteiger partial charge in [0, 0.05) is 17.9 Å². The maximum atomic E-state index is 12.9. The Balaban J connectivity index is 1.51. The fraction of sp³-hybridized carbons (Fsp3) is 0.423. The van der Waals surface area contributed by atoms with Crippen LogP contribution >= 0.6 is 11.8 Å². The predicted octanol–water partition coefficient (Wildman–Crippen LogP) is 5.38. The van der Waals surface area contributed by atoms with Crippen LogP contribution in [0.4, 0.5) is 5.69 Å². The number of thioether (sulfide) groups is 1. The molecule has 2 heterocycles. The number of carbonyl (C=O) groups excluding carboxylic acids is 1. The van der Waals surface area contributed by atoms with E-state index in [2.05, 4.69) is 46.1 Å². The first-order chi connectivity index (χ1) is 16.4. The van der Waals surface area contributed by atoms with E-state index in [4.69, 9.17) is 9.47 Å². The number of nitrogens with one attached hydrogen (secondary N) is 1. The smallest absolute Gasteiger partial charge is 0.237 e. The number of methoxy groups -OCH3 is 1. The zero-order valence-electron chi connectivity index (χ0n) is 20.2. The van der Waals surface area contributed by atoms with Crippen LogP contribution < -0.4 is 10.1 Å². The molecule has 1 amide bonds. The predicted molar refractivity (Wildman–Crippen MR) is 135 cm³/mol. The standard InChI is InChI=1S/C26H32N4O3S/c1-17(2)19-7-11-21(12-8-19)27-25(31)18(3)34-26-29-28-24(20-9-13-22(32-4)14-10-20)30(26)16-23-6-5-15-33-23/h7-14,17-18,23H,5-6,15-16H2,1-4H3,(H,27,31)/t18-,23+/m1/s1. The molecule has 0 spiro atoms. The van der Waals surface area contributed by atoms with Crippen LogP contribution in [0, 0.1) is 0 Å². The number of benzene rings is 2. The van der Waals surface area contributed by atoms with Crippen molar-refractivity contribution in [2.24, 2.45) is 0 Å². The molecule has 1 fully saturated rings. The molecule has 2 atom stereocenters. The summed E-state index contributed by atoms with van der Waals surface area (Å²) in [6.07, 6.45) is 2.19. The van der Waals surface area contributed by atoms with E-state index in [1.54, 1.807) is 7.11 Å². The van der Waals surface area contributed by atoms with Gasteiger partial charge in [-0.3, -0.25) is 9.36 Å². The Morgan fingerprint density at radius 2 is 1.88 bits per heavy atom. The lowest BCUT2D eigenvalue weighted by Crippen LogP contribution is -2.23. The van der Waals surface area contributed by atoms with Crippen molar-refractivity contribution in [1.29, 1.82) is 0 Å². The van der Waals surface area contributed by atoms with Crippen LogP contribution in [0.1, 0.15) is 45.1 Å². The maximum absolute atomic E-state index is 12.9. The monoisotopic (exact) mass is 480 g/mol. The van der Waals surface area contributed by atoms with Crippen molar-refractivity contribution < 1.29 is 14.3 Å². The third-order valence-electron chi connectivity index (χ3n) is 5.97. The normalized spacial score (nSPS) is 16.6. The lowest BCUT2D eigenvalue weighted by Gasteiger charge is -2.17. The number of amides is 1. The first-order valence-corrected chi connectivity index (χ1v) is 12.6. The Morgan fingerprint density at radius 3 is 2.50 bits per heavy atom. The van der Waals surface area contributed by atoms with Crippen LogP contribution in [0.2, 0.25) is 0 Å². The van der Waals surface area contributed by atoms with Crippen molar-refractivity contribution in [3.63, 3.8) is 0 Å². The molecular weight excluding hydrogens is 448 g/mol. The van der Waals surface area contributed by atoms with Gasteiger partial charge in [-0.15, -0.1) is 10.2 Å². The minimum atomic E-state index is -0.346. The topological polar surface area (TPSA) is 78.3 Å². The van der Waals surface area contributed by atoms with Crippen molar-refractivity contribution in [1.82, 2.24) is 14.8 Å². The van der Waals surface area contributed by atoms with Gasteiger partial charge < -0.3 is 14.8 Å². The second-order valence-electron chi connectivity index (χ2n) is 8.81. The summed E-state index contributed by atoms with van der Waals surface area (Å²) in [6, 6.07) is 15.8. The van der Waals surface area contributed by atoms with Gasteiger partial charge >= 0.3 is 0 Å². The first-order valence-electron chi connectivity index (χ1n) is 11.7. The number of hydrogen-bond acceptors (Lipinski definition) is 6. The maximum Gasteiger partial charge on any atom is 0.237 e. The third-order valence-corrected chi connectivity index (χ3v) is 7.05. The molecule has 34 heavy (non-hydrogen) atoms. The number of rotatable bonds is 9. The van der Waals surface area contributed by atoms with E-state index in [1.165, 1.54) is 17.3 Å². The van der Waals surface area contributed by atoms with E-state index in [0.717, 1.165) is 42.3 Å². The highest BCUT2D eigenvalue weighted by atomic mass is 32.2. The van der Waals surface area contributed by atoms with E-state index in [1.807, 2.05) is 43.3 Å². The second-order valence-corrected chi connectivity index (χ2v) is 10.1. The zero-order valence-corrected chi connectivity index (χ0v) is 21.0. The van der Waals surface area contributed by atoms with Crippen molar-refractivity contribution in [3.05, 3.63) is 54.1 Å². The van der Waals surface area contributed by atoms with Crippen molar-refractivity contribution >= 4 is 23.4 Å². The van der Waals surface area contributed by atoms with Gasteiger partial charge in [0.15, 0.2) is 11.0 Å². The van der Waals surface area contributed by atoms with Crippen LogP contribution in [0.15, 0.2) is 53.7 Å². The Morgan fingerprint density at radius 1 is 1.15 bits per heavy atom. The third kappa shape index (κ3) is 5.80. The number of nitrogens with zero attached hydrogens (tertiary/aromatic N) is 3. The fourth-order valence-corrected chi connectivity index (χ4v) is 4.75. The lowest BCUT2D eigenvalue weighted by atomic mass is 10.0. The molecular formula is C26H32N4O3S. The fourth-order valence-electron chi connectivity index (χ4n) is 3.89. The van der Waals surface area contributed by atoms with Crippen molar-refractivity contribution in [2.45, 2.75) is 62.6 Å². The SMILES string of the molecule is COc1ccc(-c2nnc(S[C@H](C)C(=O)Nc3ccc(C(C)C)cc3)n2C[C@@H]2CCCO2)cc1. The Kier molecular flexibility index (Phi) is 7.90. The summed E-state index contributed by atoms with van der Waals surface area (Å²) in [5, 5.41) is 12.3. The molecule has 1 aliphatic rings. The summed E-state index contributed by atoms with van der Waals surface area (Å²) in [5.41, 5.74) is 2.98. The molecule has 4 rings (SSSR count). The number of anilines is 1. The Bertz CT molecular complexity index is 1090. The van der Waals surface area contributed by atoms with Gasteiger partial charge in [0.1, 0.15) is 5.75 Å².